The van der Waals surface area contributed by atoms with Crippen molar-refractivity contribution in [2.45, 2.75) is 13.3 Å². The monoisotopic (exact) mass is 319 g/mol. The smallest absolute Gasteiger partial charge is 0.249 e. The molecule has 1 amide bonds. The molecule has 0 atom stereocenters. The third-order valence-electron chi connectivity index (χ3n) is 2.58. The van der Waals surface area contributed by atoms with Gasteiger partial charge in [0.25, 0.3) is 0 Å². The number of anilines is 1. The molecule has 19 heavy (non-hydrogen) atoms. The van der Waals surface area contributed by atoms with E-state index in [4.69, 9.17) is 0 Å². The Hall–Kier alpha value is -1.88. The third kappa shape index (κ3) is 3.79. The molecule has 2 N–H and O–H groups in total. The number of H-pyrrole nitrogens is 1. The number of amides is 1. The molecule has 0 saturated heterocycles. The van der Waals surface area contributed by atoms with Crippen LogP contribution in [0.15, 0.2) is 40.9 Å². The summed E-state index contributed by atoms with van der Waals surface area (Å²) in [5.41, 5.74) is 1.94. The minimum atomic E-state index is -0.204. The molecular weight excluding hydrogens is 306 g/mol. The molecule has 1 heterocycles. The molecule has 98 valence electrons. The van der Waals surface area contributed by atoms with Crippen molar-refractivity contribution in [3.63, 3.8) is 0 Å². The Morgan fingerprint density at radius 1 is 1.47 bits per heavy atom. The van der Waals surface area contributed by atoms with Crippen molar-refractivity contribution in [1.29, 1.82) is 0 Å². The first-order chi connectivity index (χ1) is 9.19. The normalized spacial score (nSPS) is 10.8. The van der Waals surface area contributed by atoms with Crippen LogP contribution in [0.1, 0.15) is 18.2 Å². The first kappa shape index (κ1) is 13.5. The molecular formula is C14H14BrN3O. The van der Waals surface area contributed by atoms with Crippen LogP contribution in [0.25, 0.3) is 6.08 Å². The van der Waals surface area contributed by atoms with Crippen LogP contribution in [0.2, 0.25) is 0 Å². The number of benzene rings is 1. The Labute approximate surface area is 120 Å². The van der Waals surface area contributed by atoms with E-state index in [1.54, 1.807) is 6.08 Å². The fourth-order valence-electron chi connectivity index (χ4n) is 1.55. The molecule has 0 fully saturated rings. The molecule has 0 aliphatic carbocycles. The summed E-state index contributed by atoms with van der Waals surface area (Å²) >= 11 is 3.43. The van der Waals surface area contributed by atoms with E-state index in [1.165, 1.54) is 6.08 Å². The van der Waals surface area contributed by atoms with E-state index in [1.807, 2.05) is 37.3 Å². The number of aromatic nitrogens is 2. The molecule has 2 rings (SSSR count). The minimum Gasteiger partial charge on any atom is -0.306 e. The van der Waals surface area contributed by atoms with Gasteiger partial charge in [-0.2, -0.15) is 5.10 Å². The second-order valence-corrected chi connectivity index (χ2v) is 4.83. The zero-order valence-corrected chi connectivity index (χ0v) is 12.1. The number of hydrogen-bond acceptors (Lipinski definition) is 2. The summed E-state index contributed by atoms with van der Waals surface area (Å²) in [6.45, 7) is 2.02. The number of hydrogen-bond donors (Lipinski definition) is 2. The van der Waals surface area contributed by atoms with E-state index in [-0.39, 0.29) is 5.91 Å². The van der Waals surface area contributed by atoms with Gasteiger partial charge in [0, 0.05) is 22.3 Å². The summed E-state index contributed by atoms with van der Waals surface area (Å²) in [5, 5.41) is 9.55. The number of nitrogens with zero attached hydrogens (tertiary/aromatic N) is 1. The molecule has 2 aromatic rings. The van der Waals surface area contributed by atoms with Gasteiger partial charge in [0.2, 0.25) is 5.91 Å². The van der Waals surface area contributed by atoms with Gasteiger partial charge in [0.15, 0.2) is 5.82 Å². The van der Waals surface area contributed by atoms with Gasteiger partial charge in [0.05, 0.1) is 0 Å². The molecule has 5 heteroatoms. The highest BCUT2D eigenvalue weighted by Crippen LogP contribution is 2.17. The minimum absolute atomic E-state index is 0.204. The van der Waals surface area contributed by atoms with E-state index in [0.717, 1.165) is 22.2 Å². The van der Waals surface area contributed by atoms with Gasteiger partial charge in [-0.25, -0.2) is 0 Å². The van der Waals surface area contributed by atoms with Crippen molar-refractivity contribution in [2.75, 3.05) is 5.32 Å². The molecule has 0 unspecified atom stereocenters. The van der Waals surface area contributed by atoms with Gasteiger partial charge < -0.3 is 5.32 Å². The number of halogens is 1. The largest absolute Gasteiger partial charge is 0.306 e. The topological polar surface area (TPSA) is 57.8 Å². The van der Waals surface area contributed by atoms with E-state index in [9.17, 15) is 4.79 Å². The van der Waals surface area contributed by atoms with E-state index in [2.05, 4.69) is 31.4 Å². The predicted molar refractivity (Wildman–Crippen MR) is 79.8 cm³/mol. The molecule has 0 spiro atoms. The molecule has 4 nitrogen and oxygen atoms in total. The SMILES string of the molecule is CCc1cc(NC(=O)/C=C/c2ccccc2Br)n[nH]1. The van der Waals surface area contributed by atoms with Crippen LogP contribution in [-0.2, 0) is 11.2 Å². The lowest BCUT2D eigenvalue weighted by Crippen LogP contribution is -2.07. The van der Waals surface area contributed by atoms with Gasteiger partial charge in [-0.05, 0) is 24.1 Å². The number of rotatable bonds is 4. The molecule has 0 aliphatic heterocycles. The zero-order valence-electron chi connectivity index (χ0n) is 10.5. The number of aryl methyl sites for hydroxylation is 1. The average molecular weight is 320 g/mol. The lowest BCUT2D eigenvalue weighted by molar-refractivity contribution is -0.111. The van der Waals surface area contributed by atoms with Crippen molar-refractivity contribution in [2.24, 2.45) is 0 Å². The Bertz CT molecular complexity index is 604. The van der Waals surface area contributed by atoms with Crippen molar-refractivity contribution in [3.8, 4) is 0 Å². The standard InChI is InChI=1S/C14H14BrN3O/c1-2-11-9-13(18-17-11)16-14(19)8-7-10-5-3-4-6-12(10)15/h3-9H,2H2,1H3,(H2,16,17,18,19)/b8-7+. The van der Waals surface area contributed by atoms with Crippen LogP contribution in [-0.4, -0.2) is 16.1 Å². The summed E-state index contributed by atoms with van der Waals surface area (Å²) < 4.78 is 0.951. The summed E-state index contributed by atoms with van der Waals surface area (Å²) in [6.07, 6.45) is 4.10. The average Bonchev–Trinajstić information content (AvgIpc) is 2.85. The maximum absolute atomic E-state index is 11.7. The van der Waals surface area contributed by atoms with Crippen molar-refractivity contribution in [3.05, 3.63) is 52.1 Å². The Balaban J connectivity index is 1.99. The van der Waals surface area contributed by atoms with Gasteiger partial charge in [-0.15, -0.1) is 0 Å². The van der Waals surface area contributed by atoms with Gasteiger partial charge >= 0.3 is 0 Å². The van der Waals surface area contributed by atoms with Crippen molar-refractivity contribution >= 4 is 33.7 Å². The highest BCUT2D eigenvalue weighted by atomic mass is 79.9. The second-order valence-electron chi connectivity index (χ2n) is 3.98. The van der Waals surface area contributed by atoms with Crippen molar-refractivity contribution < 1.29 is 4.79 Å². The quantitative estimate of drug-likeness (QED) is 0.849. The van der Waals surface area contributed by atoms with Crippen LogP contribution < -0.4 is 5.32 Å². The molecule has 0 aliphatic rings. The van der Waals surface area contributed by atoms with Crippen LogP contribution in [0.5, 0.6) is 0 Å². The first-order valence-corrected chi connectivity index (χ1v) is 6.76. The van der Waals surface area contributed by atoms with Gasteiger partial charge in [0.1, 0.15) is 0 Å². The number of nitrogens with one attached hydrogen (secondary N) is 2. The molecule has 1 aromatic carbocycles. The highest BCUT2D eigenvalue weighted by Gasteiger charge is 2.02. The number of aromatic amines is 1. The fourth-order valence-corrected chi connectivity index (χ4v) is 1.97. The second kappa shape index (κ2) is 6.33. The fraction of sp³-hybridized carbons (Fsp3) is 0.143. The Morgan fingerprint density at radius 2 is 2.26 bits per heavy atom. The highest BCUT2D eigenvalue weighted by molar-refractivity contribution is 9.10. The molecule has 0 radical (unpaired) electrons. The maximum Gasteiger partial charge on any atom is 0.249 e. The molecule has 0 bridgehead atoms. The van der Waals surface area contributed by atoms with E-state index in [0.29, 0.717) is 5.82 Å². The van der Waals surface area contributed by atoms with Crippen LogP contribution >= 0.6 is 15.9 Å². The number of carbonyl (C=O) groups excluding carboxylic acids is 1. The first-order valence-electron chi connectivity index (χ1n) is 5.97. The molecule has 0 saturated carbocycles. The maximum atomic E-state index is 11.7. The van der Waals surface area contributed by atoms with Gasteiger partial charge in [-0.3, -0.25) is 9.89 Å². The zero-order chi connectivity index (χ0) is 13.7. The van der Waals surface area contributed by atoms with Crippen LogP contribution in [0.4, 0.5) is 5.82 Å². The van der Waals surface area contributed by atoms with E-state index >= 15 is 0 Å². The molecule has 1 aromatic heterocycles. The number of carbonyl (C=O) groups is 1. The summed E-state index contributed by atoms with van der Waals surface area (Å²) in [4.78, 5) is 11.7. The van der Waals surface area contributed by atoms with Crippen LogP contribution in [0, 0.1) is 0 Å². The van der Waals surface area contributed by atoms with Gasteiger partial charge in [-0.1, -0.05) is 41.1 Å². The summed E-state index contributed by atoms with van der Waals surface area (Å²) in [5.74, 6) is 0.337. The van der Waals surface area contributed by atoms with E-state index < -0.39 is 0 Å². The van der Waals surface area contributed by atoms with Crippen molar-refractivity contribution in [1.82, 2.24) is 10.2 Å². The predicted octanol–water partition coefficient (Wildman–Crippen LogP) is 3.39. The summed E-state index contributed by atoms with van der Waals surface area (Å²) in [6, 6.07) is 9.53. The lowest BCUT2D eigenvalue weighted by Gasteiger charge is -1.98. The third-order valence-corrected chi connectivity index (χ3v) is 3.30. The summed E-state index contributed by atoms with van der Waals surface area (Å²) in [7, 11) is 0. The lowest BCUT2D eigenvalue weighted by atomic mass is 10.2. The Morgan fingerprint density at radius 3 is 2.95 bits per heavy atom. The van der Waals surface area contributed by atoms with Crippen LogP contribution in [0.3, 0.4) is 0 Å². The Kier molecular flexibility index (Phi) is 4.52.